The SMILES string of the molecule is O=C(Cn1c(=O)cnc2ccccc21)Nc1ccc(F)c([N+](=O)[O-])c1. The lowest BCUT2D eigenvalue weighted by molar-refractivity contribution is -0.387. The molecule has 1 aromatic heterocycles. The number of benzene rings is 2. The Hall–Kier alpha value is -3.62. The minimum atomic E-state index is -1.00. The van der Waals surface area contributed by atoms with E-state index in [0.717, 1.165) is 18.3 Å². The van der Waals surface area contributed by atoms with E-state index in [1.165, 1.54) is 10.6 Å². The van der Waals surface area contributed by atoms with E-state index in [4.69, 9.17) is 0 Å². The summed E-state index contributed by atoms with van der Waals surface area (Å²) in [5.41, 5.74) is -0.115. The first-order valence-corrected chi connectivity index (χ1v) is 7.14. The largest absolute Gasteiger partial charge is 0.324 e. The summed E-state index contributed by atoms with van der Waals surface area (Å²) >= 11 is 0. The van der Waals surface area contributed by atoms with E-state index in [1.54, 1.807) is 24.3 Å². The summed E-state index contributed by atoms with van der Waals surface area (Å²) in [7, 11) is 0. The van der Waals surface area contributed by atoms with Crippen LogP contribution in [-0.4, -0.2) is 20.4 Å². The predicted octanol–water partition coefficient (Wildman–Crippen LogP) is 2.08. The van der Waals surface area contributed by atoms with Crippen LogP contribution in [0.4, 0.5) is 15.8 Å². The van der Waals surface area contributed by atoms with Crippen molar-refractivity contribution in [1.29, 1.82) is 0 Å². The molecule has 0 saturated carbocycles. The standard InChI is InChI=1S/C16H11FN4O4/c17-11-6-5-10(7-14(11)21(24)25)19-15(22)9-20-13-4-2-1-3-12(13)18-8-16(20)23/h1-8H,9H2,(H,19,22). The van der Waals surface area contributed by atoms with Crippen LogP contribution < -0.4 is 10.9 Å². The van der Waals surface area contributed by atoms with Gasteiger partial charge in [-0.3, -0.25) is 24.3 Å². The summed E-state index contributed by atoms with van der Waals surface area (Å²) in [5.74, 6) is -1.58. The zero-order chi connectivity index (χ0) is 18.0. The first-order valence-electron chi connectivity index (χ1n) is 7.14. The van der Waals surface area contributed by atoms with Crippen molar-refractivity contribution >= 4 is 28.3 Å². The molecule has 3 aromatic rings. The molecule has 126 valence electrons. The Morgan fingerprint density at radius 1 is 1.28 bits per heavy atom. The van der Waals surface area contributed by atoms with Crippen molar-refractivity contribution in [3.8, 4) is 0 Å². The summed E-state index contributed by atoms with van der Waals surface area (Å²) in [4.78, 5) is 38.0. The van der Waals surface area contributed by atoms with Crippen LogP contribution in [0.5, 0.6) is 0 Å². The Kier molecular flexibility index (Phi) is 4.21. The molecule has 0 saturated heterocycles. The topological polar surface area (TPSA) is 107 Å². The van der Waals surface area contributed by atoms with Gasteiger partial charge < -0.3 is 5.32 Å². The monoisotopic (exact) mass is 342 g/mol. The Morgan fingerprint density at radius 2 is 2.04 bits per heavy atom. The highest BCUT2D eigenvalue weighted by Gasteiger charge is 2.16. The highest BCUT2D eigenvalue weighted by Crippen LogP contribution is 2.21. The van der Waals surface area contributed by atoms with Crippen LogP contribution in [0, 0.1) is 15.9 Å². The molecule has 0 spiro atoms. The summed E-state index contributed by atoms with van der Waals surface area (Å²) in [6.45, 7) is -0.312. The van der Waals surface area contributed by atoms with E-state index in [0.29, 0.717) is 11.0 Å². The average Bonchev–Trinajstić information content (AvgIpc) is 2.59. The fourth-order valence-electron chi connectivity index (χ4n) is 2.35. The maximum atomic E-state index is 13.3. The number of amides is 1. The molecule has 0 fully saturated rings. The van der Waals surface area contributed by atoms with Crippen LogP contribution in [0.15, 0.2) is 53.5 Å². The van der Waals surface area contributed by atoms with Gasteiger partial charge in [-0.15, -0.1) is 0 Å². The van der Waals surface area contributed by atoms with E-state index in [2.05, 4.69) is 10.3 Å². The number of anilines is 1. The Balaban J connectivity index is 1.87. The molecule has 0 unspecified atom stereocenters. The van der Waals surface area contributed by atoms with E-state index < -0.39 is 27.9 Å². The highest BCUT2D eigenvalue weighted by molar-refractivity contribution is 5.91. The molecule has 0 aliphatic rings. The van der Waals surface area contributed by atoms with Crippen molar-refractivity contribution in [2.45, 2.75) is 6.54 Å². The van der Waals surface area contributed by atoms with Crippen molar-refractivity contribution in [1.82, 2.24) is 9.55 Å². The van der Waals surface area contributed by atoms with Gasteiger partial charge in [0.05, 0.1) is 22.2 Å². The van der Waals surface area contributed by atoms with Crippen LogP contribution in [0.1, 0.15) is 0 Å². The second-order valence-electron chi connectivity index (χ2n) is 5.14. The van der Waals surface area contributed by atoms with E-state index in [-0.39, 0.29) is 12.2 Å². The second kappa shape index (κ2) is 6.48. The highest BCUT2D eigenvalue weighted by atomic mass is 19.1. The minimum Gasteiger partial charge on any atom is -0.324 e. The predicted molar refractivity (Wildman–Crippen MR) is 87.7 cm³/mol. The van der Waals surface area contributed by atoms with Gasteiger partial charge in [0.25, 0.3) is 5.56 Å². The van der Waals surface area contributed by atoms with Crippen molar-refractivity contribution in [3.63, 3.8) is 0 Å². The molecule has 25 heavy (non-hydrogen) atoms. The number of halogens is 1. The van der Waals surface area contributed by atoms with Gasteiger partial charge in [-0.2, -0.15) is 4.39 Å². The molecule has 0 bridgehead atoms. The summed E-state index contributed by atoms with van der Waals surface area (Å²) < 4.78 is 14.6. The number of nitro benzene ring substituents is 1. The van der Waals surface area contributed by atoms with Crippen LogP contribution in [0.25, 0.3) is 11.0 Å². The summed E-state index contributed by atoms with van der Waals surface area (Å²) in [6.07, 6.45) is 1.11. The second-order valence-corrected chi connectivity index (χ2v) is 5.14. The molecule has 9 heteroatoms. The molecule has 1 N–H and O–H groups in total. The fraction of sp³-hybridized carbons (Fsp3) is 0.0625. The molecule has 8 nitrogen and oxygen atoms in total. The number of carbonyl (C=O) groups excluding carboxylic acids is 1. The smallest absolute Gasteiger partial charge is 0.306 e. The Morgan fingerprint density at radius 3 is 2.80 bits per heavy atom. The van der Waals surface area contributed by atoms with E-state index in [9.17, 15) is 24.1 Å². The zero-order valence-electron chi connectivity index (χ0n) is 12.7. The maximum Gasteiger partial charge on any atom is 0.306 e. The van der Waals surface area contributed by atoms with Gasteiger partial charge >= 0.3 is 5.69 Å². The van der Waals surface area contributed by atoms with Crippen LogP contribution in [0.2, 0.25) is 0 Å². The van der Waals surface area contributed by atoms with Crippen LogP contribution in [0.3, 0.4) is 0 Å². The average molecular weight is 342 g/mol. The van der Waals surface area contributed by atoms with Crippen molar-refractivity contribution in [2.75, 3.05) is 5.32 Å². The normalized spacial score (nSPS) is 10.6. The third-order valence-electron chi connectivity index (χ3n) is 3.48. The number of hydrogen-bond donors (Lipinski definition) is 1. The van der Waals surface area contributed by atoms with Gasteiger partial charge in [-0.05, 0) is 24.3 Å². The van der Waals surface area contributed by atoms with Gasteiger partial charge in [0.2, 0.25) is 11.7 Å². The quantitative estimate of drug-likeness (QED) is 0.577. The molecule has 2 aromatic carbocycles. The van der Waals surface area contributed by atoms with Gasteiger partial charge in [0.1, 0.15) is 6.54 Å². The zero-order valence-corrected chi connectivity index (χ0v) is 12.7. The van der Waals surface area contributed by atoms with Gasteiger partial charge in [0, 0.05) is 11.8 Å². The fourth-order valence-corrected chi connectivity index (χ4v) is 2.35. The molecule has 1 heterocycles. The number of nitro groups is 1. The molecular formula is C16H11FN4O4. The lowest BCUT2D eigenvalue weighted by Gasteiger charge is -2.10. The molecule has 3 rings (SSSR count). The third-order valence-corrected chi connectivity index (χ3v) is 3.48. The third kappa shape index (κ3) is 3.34. The maximum absolute atomic E-state index is 13.3. The molecule has 1 amide bonds. The number of nitrogens with zero attached hydrogens (tertiary/aromatic N) is 3. The van der Waals surface area contributed by atoms with Crippen molar-refractivity contribution in [3.05, 3.63) is 74.9 Å². The van der Waals surface area contributed by atoms with Gasteiger partial charge in [-0.25, -0.2) is 4.98 Å². The minimum absolute atomic E-state index is 0.0597. The number of carbonyl (C=O) groups is 1. The summed E-state index contributed by atoms with van der Waals surface area (Å²) in [5, 5.41) is 13.2. The van der Waals surface area contributed by atoms with Gasteiger partial charge in [-0.1, -0.05) is 12.1 Å². The first-order chi connectivity index (χ1) is 12.0. The molecule has 0 aliphatic heterocycles. The number of fused-ring (bicyclic) bond motifs is 1. The van der Waals surface area contributed by atoms with Crippen molar-refractivity contribution in [2.24, 2.45) is 0 Å². The van der Waals surface area contributed by atoms with Crippen molar-refractivity contribution < 1.29 is 14.1 Å². The van der Waals surface area contributed by atoms with E-state index >= 15 is 0 Å². The lowest BCUT2D eigenvalue weighted by atomic mass is 10.2. The number of aromatic nitrogens is 2. The molecule has 0 aliphatic carbocycles. The van der Waals surface area contributed by atoms with Crippen LogP contribution in [-0.2, 0) is 11.3 Å². The first kappa shape index (κ1) is 16.2. The number of rotatable bonds is 4. The Bertz CT molecular complexity index is 1050. The van der Waals surface area contributed by atoms with Crippen LogP contribution >= 0.6 is 0 Å². The Labute approximate surface area is 139 Å². The number of para-hydroxylation sites is 2. The number of nitrogens with one attached hydrogen (secondary N) is 1. The molecular weight excluding hydrogens is 331 g/mol. The molecule has 0 radical (unpaired) electrons. The summed E-state index contributed by atoms with van der Waals surface area (Å²) in [6, 6.07) is 9.82. The van der Waals surface area contributed by atoms with Gasteiger partial charge in [0.15, 0.2) is 0 Å². The molecule has 0 atom stereocenters. The van der Waals surface area contributed by atoms with E-state index in [1.807, 2.05) is 0 Å². The lowest BCUT2D eigenvalue weighted by Crippen LogP contribution is -2.28. The number of hydrogen-bond acceptors (Lipinski definition) is 5.